The van der Waals surface area contributed by atoms with E-state index in [4.69, 9.17) is 9.84 Å². The third-order valence-corrected chi connectivity index (χ3v) is 2.37. The van der Waals surface area contributed by atoms with Crippen LogP contribution in [0.3, 0.4) is 0 Å². The van der Waals surface area contributed by atoms with E-state index in [9.17, 15) is 0 Å². The van der Waals surface area contributed by atoms with E-state index in [0.29, 0.717) is 12.5 Å². The van der Waals surface area contributed by atoms with Gasteiger partial charge in [-0.25, -0.2) is 0 Å². The zero-order chi connectivity index (χ0) is 10.7. The fourth-order valence-corrected chi connectivity index (χ4v) is 1.35. The molecule has 0 saturated carbocycles. The number of aliphatic hydroxyl groups excluding tert-OH is 1. The van der Waals surface area contributed by atoms with E-state index in [1.165, 1.54) is 0 Å². The minimum absolute atomic E-state index is 0.00269. The summed E-state index contributed by atoms with van der Waals surface area (Å²) in [6.07, 6.45) is 0. The number of nitrogens with zero attached hydrogens (tertiary/aromatic N) is 2. The predicted molar refractivity (Wildman–Crippen MR) is 54.7 cm³/mol. The first-order valence-corrected chi connectivity index (χ1v) is 4.91. The summed E-state index contributed by atoms with van der Waals surface area (Å²) in [5.41, 5.74) is 2.10. The van der Waals surface area contributed by atoms with Gasteiger partial charge in [-0.15, -0.1) is 5.10 Å². The van der Waals surface area contributed by atoms with Crippen LogP contribution in [0.2, 0.25) is 0 Å². The number of hydrogen-bond donors (Lipinski definition) is 1. The van der Waals surface area contributed by atoms with E-state index in [2.05, 4.69) is 5.10 Å². The highest BCUT2D eigenvalue weighted by Crippen LogP contribution is 2.22. The van der Waals surface area contributed by atoms with E-state index in [-0.39, 0.29) is 12.6 Å². The van der Waals surface area contributed by atoms with Crippen LogP contribution in [0.4, 0.5) is 0 Å². The summed E-state index contributed by atoms with van der Waals surface area (Å²) in [5.74, 6) is 0.672. The number of aromatic nitrogens is 2. The summed E-state index contributed by atoms with van der Waals surface area (Å²) in [6, 6.07) is 0.00269. The van der Waals surface area contributed by atoms with Gasteiger partial charge >= 0.3 is 0 Å². The Hall–Kier alpha value is -1.03. The lowest BCUT2D eigenvalue weighted by molar-refractivity contribution is 0.224. The number of rotatable bonds is 4. The fourth-order valence-electron chi connectivity index (χ4n) is 1.35. The Balaban J connectivity index is 3.01. The molecule has 0 aromatic carbocycles. The van der Waals surface area contributed by atoms with Gasteiger partial charge in [0.1, 0.15) is 0 Å². The Labute approximate surface area is 84.5 Å². The second-order valence-corrected chi connectivity index (χ2v) is 3.42. The zero-order valence-corrected chi connectivity index (χ0v) is 9.24. The lowest BCUT2D eigenvalue weighted by Gasteiger charge is -2.10. The van der Waals surface area contributed by atoms with Crippen molar-refractivity contribution in [1.29, 1.82) is 0 Å². The van der Waals surface area contributed by atoms with Crippen LogP contribution in [-0.2, 0) is 0 Å². The molecule has 4 heteroatoms. The third kappa shape index (κ3) is 1.90. The molecule has 4 nitrogen and oxygen atoms in total. The highest BCUT2D eigenvalue weighted by atomic mass is 16.5. The maximum atomic E-state index is 9.04. The average Bonchev–Trinajstić information content (AvgIpc) is 2.46. The molecule has 0 bridgehead atoms. The monoisotopic (exact) mass is 198 g/mol. The first-order chi connectivity index (χ1) is 6.61. The van der Waals surface area contributed by atoms with Gasteiger partial charge in [-0.05, 0) is 27.7 Å². The highest BCUT2D eigenvalue weighted by Gasteiger charge is 2.14. The van der Waals surface area contributed by atoms with Crippen molar-refractivity contribution in [2.75, 3.05) is 13.2 Å². The molecule has 1 heterocycles. The van der Waals surface area contributed by atoms with Gasteiger partial charge in [-0.1, -0.05) is 0 Å². The molecule has 0 saturated heterocycles. The molecule has 1 aromatic rings. The third-order valence-electron chi connectivity index (χ3n) is 2.37. The first-order valence-electron chi connectivity index (χ1n) is 4.91. The molecule has 1 atom stereocenters. The standard InChI is InChI=1S/C10H18N2O2/c1-5-14-10-8(3)9(4)12(11-10)7(2)6-13/h7,13H,5-6H2,1-4H3/t7-/m1/s1. The molecule has 0 aliphatic heterocycles. The maximum Gasteiger partial charge on any atom is 0.235 e. The SMILES string of the molecule is CCOc1nn([C@H](C)CO)c(C)c1C. The molecule has 1 aromatic heterocycles. The van der Waals surface area contributed by atoms with Crippen LogP contribution in [-0.4, -0.2) is 28.1 Å². The number of ether oxygens (including phenoxy) is 1. The molecule has 0 fully saturated rings. The summed E-state index contributed by atoms with van der Waals surface area (Å²) in [5, 5.41) is 13.3. The molecule has 0 aliphatic carbocycles. The van der Waals surface area contributed by atoms with E-state index >= 15 is 0 Å². The second-order valence-electron chi connectivity index (χ2n) is 3.42. The molecular formula is C10H18N2O2. The molecule has 0 spiro atoms. The van der Waals surface area contributed by atoms with Crippen molar-refractivity contribution in [3.8, 4) is 5.88 Å². The molecule has 80 valence electrons. The van der Waals surface area contributed by atoms with Gasteiger partial charge in [0.25, 0.3) is 0 Å². The van der Waals surface area contributed by atoms with Gasteiger partial charge in [0, 0.05) is 11.3 Å². The van der Waals surface area contributed by atoms with Crippen LogP contribution < -0.4 is 4.74 Å². The molecule has 1 N–H and O–H groups in total. The Morgan fingerprint density at radius 3 is 2.64 bits per heavy atom. The maximum absolute atomic E-state index is 9.04. The van der Waals surface area contributed by atoms with E-state index in [1.54, 1.807) is 4.68 Å². The second kappa shape index (κ2) is 4.46. The van der Waals surface area contributed by atoms with Gasteiger partial charge in [-0.3, -0.25) is 4.68 Å². The highest BCUT2D eigenvalue weighted by molar-refractivity contribution is 5.29. The smallest absolute Gasteiger partial charge is 0.235 e. The van der Waals surface area contributed by atoms with Crippen molar-refractivity contribution < 1.29 is 9.84 Å². The first kappa shape index (κ1) is 11.0. The molecule has 1 rings (SSSR count). The minimum Gasteiger partial charge on any atom is -0.477 e. The van der Waals surface area contributed by atoms with Crippen molar-refractivity contribution >= 4 is 0 Å². The van der Waals surface area contributed by atoms with Crippen LogP contribution in [0.15, 0.2) is 0 Å². The van der Waals surface area contributed by atoms with Gasteiger partial charge in [0.2, 0.25) is 5.88 Å². The van der Waals surface area contributed by atoms with Gasteiger partial charge in [0.05, 0.1) is 19.3 Å². The van der Waals surface area contributed by atoms with Crippen LogP contribution >= 0.6 is 0 Å². The fraction of sp³-hybridized carbons (Fsp3) is 0.700. The summed E-state index contributed by atoms with van der Waals surface area (Å²) in [4.78, 5) is 0. The van der Waals surface area contributed by atoms with Crippen molar-refractivity contribution in [3.63, 3.8) is 0 Å². The van der Waals surface area contributed by atoms with E-state index in [1.807, 2.05) is 27.7 Å². The lowest BCUT2D eigenvalue weighted by atomic mass is 10.2. The lowest BCUT2D eigenvalue weighted by Crippen LogP contribution is -2.12. The topological polar surface area (TPSA) is 47.3 Å². The van der Waals surface area contributed by atoms with Crippen molar-refractivity contribution in [2.45, 2.75) is 33.7 Å². The minimum atomic E-state index is 0.00269. The summed E-state index contributed by atoms with van der Waals surface area (Å²) >= 11 is 0. The van der Waals surface area contributed by atoms with Crippen LogP contribution in [0, 0.1) is 13.8 Å². The number of hydrogen-bond acceptors (Lipinski definition) is 3. The van der Waals surface area contributed by atoms with Crippen molar-refractivity contribution in [1.82, 2.24) is 9.78 Å². The van der Waals surface area contributed by atoms with Crippen molar-refractivity contribution in [2.24, 2.45) is 0 Å². The zero-order valence-electron chi connectivity index (χ0n) is 9.24. The van der Waals surface area contributed by atoms with Crippen LogP contribution in [0.1, 0.15) is 31.1 Å². The molecule has 14 heavy (non-hydrogen) atoms. The molecule has 0 aliphatic rings. The Bertz CT molecular complexity index is 307. The van der Waals surface area contributed by atoms with Crippen LogP contribution in [0.5, 0.6) is 5.88 Å². The normalized spacial score (nSPS) is 12.9. The average molecular weight is 198 g/mol. The van der Waals surface area contributed by atoms with Crippen molar-refractivity contribution in [3.05, 3.63) is 11.3 Å². The summed E-state index contributed by atoms with van der Waals surface area (Å²) < 4.78 is 7.19. The van der Waals surface area contributed by atoms with Gasteiger partial charge in [-0.2, -0.15) is 0 Å². The van der Waals surface area contributed by atoms with E-state index in [0.717, 1.165) is 11.3 Å². The molecule has 0 amide bonds. The number of aliphatic hydroxyl groups is 1. The van der Waals surface area contributed by atoms with Gasteiger partial charge in [0.15, 0.2) is 0 Å². The Kier molecular flexibility index (Phi) is 3.52. The summed E-state index contributed by atoms with van der Waals surface area (Å²) in [6.45, 7) is 8.53. The van der Waals surface area contributed by atoms with Gasteiger partial charge < -0.3 is 9.84 Å². The molecule has 0 radical (unpaired) electrons. The summed E-state index contributed by atoms with van der Waals surface area (Å²) in [7, 11) is 0. The Morgan fingerprint density at radius 1 is 1.50 bits per heavy atom. The van der Waals surface area contributed by atoms with E-state index < -0.39 is 0 Å². The largest absolute Gasteiger partial charge is 0.477 e. The molecular weight excluding hydrogens is 180 g/mol. The molecule has 0 unspecified atom stereocenters. The quantitative estimate of drug-likeness (QED) is 0.796. The Morgan fingerprint density at radius 2 is 2.14 bits per heavy atom. The van der Waals surface area contributed by atoms with Crippen LogP contribution in [0.25, 0.3) is 0 Å². The predicted octanol–water partition coefficient (Wildman–Crippen LogP) is 1.45.